The predicted octanol–water partition coefficient (Wildman–Crippen LogP) is 4.69. The first kappa shape index (κ1) is 19.2. The molecule has 2 N–H and O–H groups in total. The van der Waals surface area contributed by atoms with Gasteiger partial charge in [0.1, 0.15) is 0 Å². The third-order valence-corrected chi connectivity index (χ3v) is 7.02. The molecular weight excluding hydrogens is 400 g/mol. The van der Waals surface area contributed by atoms with Crippen molar-refractivity contribution in [3.05, 3.63) is 34.3 Å². The SMILES string of the molecule is Cl.NC1C2CCCC1CC(C(=O)N1CCCC1c1cccc(Br)c1)C2. The number of fused-ring (bicyclic) bond motifs is 2. The van der Waals surface area contributed by atoms with Crippen molar-refractivity contribution in [1.82, 2.24) is 4.90 Å². The molecule has 25 heavy (non-hydrogen) atoms. The average molecular weight is 428 g/mol. The van der Waals surface area contributed by atoms with Crippen LogP contribution in [-0.4, -0.2) is 23.4 Å². The standard InChI is InChI=1S/C20H27BrN2O.ClH/c21-17-7-2-4-13(12-17)18-8-3-9-23(18)20(24)16-10-14-5-1-6-15(11-16)19(14)22;/h2,4,7,12,14-16,18-19H,1,3,5-6,8-11,22H2;1H. The van der Waals surface area contributed by atoms with Gasteiger partial charge in [0.25, 0.3) is 0 Å². The van der Waals surface area contributed by atoms with E-state index in [9.17, 15) is 4.79 Å². The highest BCUT2D eigenvalue weighted by molar-refractivity contribution is 9.10. The molecule has 1 amide bonds. The van der Waals surface area contributed by atoms with Crippen molar-refractivity contribution in [2.45, 2.75) is 57.0 Å². The Morgan fingerprint density at radius 3 is 2.52 bits per heavy atom. The minimum absolute atomic E-state index is 0. The number of nitrogens with two attached hydrogens (primary N) is 1. The molecule has 2 aliphatic carbocycles. The fraction of sp³-hybridized carbons (Fsp3) is 0.650. The Labute approximate surface area is 165 Å². The van der Waals surface area contributed by atoms with E-state index in [0.717, 1.165) is 36.7 Å². The van der Waals surface area contributed by atoms with Gasteiger partial charge >= 0.3 is 0 Å². The highest BCUT2D eigenvalue weighted by Gasteiger charge is 2.43. The zero-order valence-corrected chi connectivity index (χ0v) is 17.0. The van der Waals surface area contributed by atoms with Crippen molar-refractivity contribution in [2.24, 2.45) is 23.5 Å². The summed E-state index contributed by atoms with van der Waals surface area (Å²) in [6.07, 6.45) is 7.96. The van der Waals surface area contributed by atoms with Crippen molar-refractivity contribution >= 4 is 34.2 Å². The molecule has 3 aliphatic rings. The number of rotatable bonds is 2. The van der Waals surface area contributed by atoms with Crippen LogP contribution in [0.4, 0.5) is 0 Å². The van der Waals surface area contributed by atoms with E-state index < -0.39 is 0 Å². The minimum atomic E-state index is 0. The first-order valence-corrected chi connectivity index (χ1v) is 10.2. The molecule has 3 unspecified atom stereocenters. The van der Waals surface area contributed by atoms with Crippen LogP contribution in [0.5, 0.6) is 0 Å². The number of hydrogen-bond acceptors (Lipinski definition) is 2. The molecule has 2 bridgehead atoms. The van der Waals surface area contributed by atoms with Gasteiger partial charge in [-0.25, -0.2) is 0 Å². The maximum absolute atomic E-state index is 13.3. The van der Waals surface area contributed by atoms with Crippen molar-refractivity contribution in [2.75, 3.05) is 6.54 Å². The summed E-state index contributed by atoms with van der Waals surface area (Å²) < 4.78 is 1.09. The molecule has 1 aromatic rings. The topological polar surface area (TPSA) is 46.3 Å². The molecule has 138 valence electrons. The zero-order valence-electron chi connectivity index (χ0n) is 14.6. The molecular formula is C20H28BrClN2O. The lowest BCUT2D eigenvalue weighted by atomic mass is 9.65. The molecule has 3 fully saturated rings. The van der Waals surface area contributed by atoms with Gasteiger partial charge in [0.15, 0.2) is 0 Å². The van der Waals surface area contributed by atoms with Crippen LogP contribution in [0.15, 0.2) is 28.7 Å². The molecule has 0 aromatic heterocycles. The van der Waals surface area contributed by atoms with E-state index in [-0.39, 0.29) is 24.4 Å². The first-order chi connectivity index (χ1) is 11.6. The van der Waals surface area contributed by atoms with Crippen molar-refractivity contribution in [1.29, 1.82) is 0 Å². The Morgan fingerprint density at radius 1 is 1.12 bits per heavy atom. The molecule has 0 spiro atoms. The minimum Gasteiger partial charge on any atom is -0.335 e. The third kappa shape index (κ3) is 3.77. The highest BCUT2D eigenvalue weighted by atomic mass is 79.9. The van der Waals surface area contributed by atoms with Crippen LogP contribution in [0.3, 0.4) is 0 Å². The fourth-order valence-electron chi connectivity index (χ4n) is 5.32. The van der Waals surface area contributed by atoms with Gasteiger partial charge in [0.2, 0.25) is 5.91 Å². The second-order valence-corrected chi connectivity index (χ2v) is 8.86. The summed E-state index contributed by atoms with van der Waals surface area (Å²) in [5, 5.41) is 0. The van der Waals surface area contributed by atoms with Crippen LogP contribution >= 0.6 is 28.3 Å². The van der Waals surface area contributed by atoms with Gasteiger partial charge < -0.3 is 10.6 Å². The van der Waals surface area contributed by atoms with Crippen LogP contribution in [-0.2, 0) is 4.79 Å². The Morgan fingerprint density at radius 2 is 1.84 bits per heavy atom. The summed E-state index contributed by atoms with van der Waals surface area (Å²) in [5.41, 5.74) is 7.67. The normalized spacial score (nSPS) is 34.5. The molecule has 4 rings (SSSR count). The molecule has 1 saturated heterocycles. The second kappa shape index (κ2) is 7.98. The molecule has 2 saturated carbocycles. The number of carbonyl (C=O) groups is 1. The number of hydrogen-bond donors (Lipinski definition) is 1. The molecule has 1 heterocycles. The van der Waals surface area contributed by atoms with Gasteiger partial charge in [-0.2, -0.15) is 0 Å². The lowest BCUT2D eigenvalue weighted by Gasteiger charge is -2.44. The van der Waals surface area contributed by atoms with Gasteiger partial charge in [-0.05, 0) is 68.1 Å². The summed E-state index contributed by atoms with van der Waals surface area (Å²) in [6.45, 7) is 0.911. The summed E-state index contributed by atoms with van der Waals surface area (Å²) in [7, 11) is 0. The van der Waals surface area contributed by atoms with E-state index in [4.69, 9.17) is 5.73 Å². The number of halogens is 2. The van der Waals surface area contributed by atoms with E-state index in [1.54, 1.807) is 0 Å². The van der Waals surface area contributed by atoms with Gasteiger partial charge in [-0.3, -0.25) is 4.79 Å². The molecule has 3 nitrogen and oxygen atoms in total. The molecule has 1 aromatic carbocycles. The van der Waals surface area contributed by atoms with Crippen LogP contribution in [0.25, 0.3) is 0 Å². The molecule has 5 heteroatoms. The quantitative estimate of drug-likeness (QED) is 0.744. The lowest BCUT2D eigenvalue weighted by molar-refractivity contribution is -0.139. The van der Waals surface area contributed by atoms with E-state index in [0.29, 0.717) is 23.8 Å². The van der Waals surface area contributed by atoms with Crippen molar-refractivity contribution in [3.8, 4) is 0 Å². The maximum atomic E-state index is 13.3. The number of amides is 1. The summed E-state index contributed by atoms with van der Waals surface area (Å²) in [6, 6.07) is 9.04. The van der Waals surface area contributed by atoms with Gasteiger partial charge in [-0.15, -0.1) is 12.4 Å². The van der Waals surface area contributed by atoms with Crippen molar-refractivity contribution < 1.29 is 4.79 Å². The molecule has 0 radical (unpaired) electrons. The maximum Gasteiger partial charge on any atom is 0.226 e. The third-order valence-electron chi connectivity index (χ3n) is 6.53. The van der Waals surface area contributed by atoms with E-state index >= 15 is 0 Å². The van der Waals surface area contributed by atoms with E-state index in [1.807, 2.05) is 6.07 Å². The van der Waals surface area contributed by atoms with Crippen LogP contribution < -0.4 is 5.73 Å². The summed E-state index contributed by atoms with van der Waals surface area (Å²) >= 11 is 3.56. The highest BCUT2D eigenvalue weighted by Crippen LogP contribution is 2.44. The second-order valence-electron chi connectivity index (χ2n) is 7.94. The monoisotopic (exact) mass is 426 g/mol. The smallest absolute Gasteiger partial charge is 0.226 e. The van der Waals surface area contributed by atoms with Gasteiger partial charge in [-0.1, -0.05) is 34.5 Å². The Balaban J connectivity index is 0.00000182. The van der Waals surface area contributed by atoms with Crippen LogP contribution in [0.2, 0.25) is 0 Å². The largest absolute Gasteiger partial charge is 0.335 e. The number of carbonyl (C=O) groups excluding carboxylic acids is 1. The Kier molecular flexibility index (Phi) is 6.12. The lowest BCUT2D eigenvalue weighted by Crippen LogP contribution is -2.49. The Hall–Kier alpha value is -0.580. The first-order valence-electron chi connectivity index (χ1n) is 9.45. The number of nitrogens with zero attached hydrogens (tertiary/aromatic N) is 1. The molecule has 3 atom stereocenters. The van der Waals surface area contributed by atoms with E-state index in [2.05, 4.69) is 39.0 Å². The Bertz CT molecular complexity index is 611. The van der Waals surface area contributed by atoms with Crippen LogP contribution in [0.1, 0.15) is 56.6 Å². The summed E-state index contributed by atoms with van der Waals surface area (Å²) in [4.78, 5) is 15.4. The van der Waals surface area contributed by atoms with Crippen LogP contribution in [0, 0.1) is 17.8 Å². The summed E-state index contributed by atoms with van der Waals surface area (Å²) in [5.74, 6) is 1.73. The van der Waals surface area contributed by atoms with Crippen molar-refractivity contribution in [3.63, 3.8) is 0 Å². The van der Waals surface area contributed by atoms with E-state index in [1.165, 1.54) is 24.8 Å². The fourth-order valence-corrected chi connectivity index (χ4v) is 5.73. The molecule has 1 aliphatic heterocycles. The number of likely N-dealkylation sites (tertiary alicyclic amines) is 1. The average Bonchev–Trinajstić information content (AvgIpc) is 3.03. The van der Waals surface area contributed by atoms with Gasteiger partial charge in [0, 0.05) is 23.0 Å². The number of benzene rings is 1. The zero-order chi connectivity index (χ0) is 16.7. The predicted molar refractivity (Wildman–Crippen MR) is 107 cm³/mol. The van der Waals surface area contributed by atoms with Gasteiger partial charge in [0.05, 0.1) is 6.04 Å².